The fraction of sp³-hybridized carbons (Fsp3) is 0.267. The topological polar surface area (TPSA) is 108 Å². The summed E-state index contributed by atoms with van der Waals surface area (Å²) < 4.78 is 14.8. The molecule has 0 bridgehead atoms. The molecule has 8 nitrogen and oxygen atoms in total. The Kier molecular flexibility index (Phi) is 4.97. The molecule has 2 rings (SSSR count). The van der Waals surface area contributed by atoms with Gasteiger partial charge in [-0.25, -0.2) is 9.59 Å². The van der Waals surface area contributed by atoms with Gasteiger partial charge in [-0.05, 0) is 24.3 Å². The standard InChI is InChI=1S/C15H16N2O6/c1-21-14(19)11-7-23-8-17(12(11)15(20)22-2)10-5-3-9(4-6-10)13(16)18/h3-6H,7-8H2,1-2H3,(H2,16,18). The van der Waals surface area contributed by atoms with E-state index in [0.717, 1.165) is 0 Å². The molecular formula is C15H16N2O6. The molecule has 23 heavy (non-hydrogen) atoms. The normalized spacial score (nSPS) is 14.4. The molecule has 1 aliphatic heterocycles. The number of ether oxygens (including phenoxy) is 3. The van der Waals surface area contributed by atoms with E-state index in [2.05, 4.69) is 4.74 Å². The SMILES string of the molecule is COC(=O)C1=C(C(=O)OC)N(c2ccc(C(N)=O)cc2)COC1. The van der Waals surface area contributed by atoms with E-state index in [0.29, 0.717) is 11.3 Å². The van der Waals surface area contributed by atoms with Crippen LogP contribution in [0.4, 0.5) is 5.69 Å². The second-order valence-corrected chi connectivity index (χ2v) is 4.63. The minimum atomic E-state index is -0.687. The van der Waals surface area contributed by atoms with Crippen molar-refractivity contribution in [3.8, 4) is 0 Å². The maximum absolute atomic E-state index is 12.1. The predicted molar refractivity (Wildman–Crippen MR) is 79.3 cm³/mol. The third-order valence-electron chi connectivity index (χ3n) is 3.30. The van der Waals surface area contributed by atoms with Crippen molar-refractivity contribution in [3.63, 3.8) is 0 Å². The molecule has 0 spiro atoms. The van der Waals surface area contributed by atoms with Crippen molar-refractivity contribution in [1.82, 2.24) is 0 Å². The van der Waals surface area contributed by atoms with Gasteiger partial charge >= 0.3 is 11.9 Å². The van der Waals surface area contributed by atoms with Crippen LogP contribution in [-0.2, 0) is 23.8 Å². The maximum Gasteiger partial charge on any atom is 0.355 e. The number of primary amides is 1. The monoisotopic (exact) mass is 320 g/mol. The number of methoxy groups -OCH3 is 2. The Hall–Kier alpha value is -2.87. The number of anilines is 1. The summed E-state index contributed by atoms with van der Waals surface area (Å²) in [5, 5.41) is 0. The molecule has 0 saturated carbocycles. The molecule has 0 saturated heterocycles. The minimum absolute atomic E-state index is 0.0393. The van der Waals surface area contributed by atoms with E-state index in [1.54, 1.807) is 12.1 Å². The highest BCUT2D eigenvalue weighted by Crippen LogP contribution is 2.26. The Morgan fingerprint density at radius 2 is 1.70 bits per heavy atom. The molecule has 8 heteroatoms. The molecule has 1 amide bonds. The summed E-state index contributed by atoms with van der Waals surface area (Å²) in [5.41, 5.74) is 6.16. The Morgan fingerprint density at radius 3 is 2.22 bits per heavy atom. The van der Waals surface area contributed by atoms with E-state index in [1.165, 1.54) is 31.3 Å². The first-order valence-corrected chi connectivity index (χ1v) is 6.64. The summed E-state index contributed by atoms with van der Waals surface area (Å²) in [6.45, 7) is -0.0200. The van der Waals surface area contributed by atoms with Gasteiger partial charge in [0.2, 0.25) is 5.91 Å². The molecule has 0 aliphatic carbocycles. The maximum atomic E-state index is 12.1. The first-order valence-electron chi connectivity index (χ1n) is 6.64. The molecule has 0 aromatic heterocycles. The van der Waals surface area contributed by atoms with Crippen molar-refractivity contribution >= 4 is 23.5 Å². The Morgan fingerprint density at radius 1 is 1.09 bits per heavy atom. The number of nitrogens with zero attached hydrogens (tertiary/aromatic N) is 1. The molecule has 0 fully saturated rings. The van der Waals surface area contributed by atoms with E-state index in [9.17, 15) is 14.4 Å². The molecule has 1 aromatic rings. The number of nitrogens with two attached hydrogens (primary N) is 1. The predicted octanol–water partition coefficient (Wildman–Crippen LogP) is 0.180. The number of esters is 2. The van der Waals surface area contributed by atoms with Gasteiger partial charge in [-0.2, -0.15) is 0 Å². The van der Waals surface area contributed by atoms with Crippen LogP contribution in [0.3, 0.4) is 0 Å². The molecule has 1 heterocycles. The van der Waals surface area contributed by atoms with E-state index in [1.807, 2.05) is 0 Å². The molecule has 1 aliphatic rings. The summed E-state index contributed by atoms with van der Waals surface area (Å²) in [4.78, 5) is 36.6. The van der Waals surface area contributed by atoms with Crippen molar-refractivity contribution in [3.05, 3.63) is 41.1 Å². The molecule has 122 valence electrons. The number of hydrogen-bond donors (Lipinski definition) is 1. The lowest BCUT2D eigenvalue weighted by Gasteiger charge is -2.31. The average molecular weight is 320 g/mol. The van der Waals surface area contributed by atoms with Crippen LogP contribution >= 0.6 is 0 Å². The zero-order chi connectivity index (χ0) is 17.0. The second-order valence-electron chi connectivity index (χ2n) is 4.63. The van der Waals surface area contributed by atoms with Crippen molar-refractivity contribution in [2.24, 2.45) is 5.73 Å². The van der Waals surface area contributed by atoms with Gasteiger partial charge in [0, 0.05) is 11.3 Å². The third-order valence-corrected chi connectivity index (χ3v) is 3.30. The number of amides is 1. The van der Waals surface area contributed by atoms with Crippen LogP contribution < -0.4 is 10.6 Å². The van der Waals surface area contributed by atoms with E-state index in [4.69, 9.17) is 15.2 Å². The van der Waals surface area contributed by atoms with Gasteiger partial charge in [0.15, 0.2) is 0 Å². The minimum Gasteiger partial charge on any atom is -0.466 e. The van der Waals surface area contributed by atoms with Gasteiger partial charge in [0.1, 0.15) is 12.4 Å². The van der Waals surface area contributed by atoms with Crippen LogP contribution in [0.1, 0.15) is 10.4 Å². The van der Waals surface area contributed by atoms with Crippen molar-refractivity contribution in [2.45, 2.75) is 0 Å². The number of carbonyl (C=O) groups is 3. The summed E-state index contributed by atoms with van der Waals surface area (Å²) in [6.07, 6.45) is 0. The van der Waals surface area contributed by atoms with E-state index < -0.39 is 17.8 Å². The van der Waals surface area contributed by atoms with Crippen LogP contribution in [0.15, 0.2) is 35.5 Å². The molecule has 0 atom stereocenters. The van der Waals surface area contributed by atoms with Gasteiger partial charge in [-0.15, -0.1) is 0 Å². The number of benzene rings is 1. The fourth-order valence-electron chi connectivity index (χ4n) is 2.15. The summed E-state index contributed by atoms with van der Waals surface area (Å²) in [7, 11) is 2.43. The van der Waals surface area contributed by atoms with Gasteiger partial charge in [0.05, 0.1) is 26.4 Å². The highest BCUT2D eigenvalue weighted by Gasteiger charge is 2.32. The van der Waals surface area contributed by atoms with Crippen LogP contribution in [-0.4, -0.2) is 45.4 Å². The van der Waals surface area contributed by atoms with Crippen molar-refractivity contribution in [1.29, 1.82) is 0 Å². The van der Waals surface area contributed by atoms with Gasteiger partial charge in [-0.1, -0.05) is 0 Å². The quantitative estimate of drug-likeness (QED) is 0.788. The van der Waals surface area contributed by atoms with Crippen LogP contribution in [0, 0.1) is 0 Å². The second kappa shape index (κ2) is 6.93. The molecular weight excluding hydrogens is 304 g/mol. The first kappa shape index (κ1) is 16.5. The lowest BCUT2D eigenvalue weighted by Crippen LogP contribution is -2.38. The molecule has 0 unspecified atom stereocenters. The molecule has 0 radical (unpaired) electrons. The van der Waals surface area contributed by atoms with E-state index >= 15 is 0 Å². The summed E-state index contributed by atoms with van der Waals surface area (Å²) >= 11 is 0. The first-order chi connectivity index (χ1) is 11.0. The van der Waals surface area contributed by atoms with Crippen molar-refractivity contribution < 1.29 is 28.6 Å². The smallest absolute Gasteiger partial charge is 0.355 e. The highest BCUT2D eigenvalue weighted by molar-refractivity contribution is 6.03. The van der Waals surface area contributed by atoms with Crippen LogP contribution in [0.25, 0.3) is 0 Å². The van der Waals surface area contributed by atoms with Crippen LogP contribution in [0.2, 0.25) is 0 Å². The fourth-order valence-corrected chi connectivity index (χ4v) is 2.15. The Labute approximate surface area is 132 Å². The van der Waals surface area contributed by atoms with Gasteiger partial charge in [0.25, 0.3) is 0 Å². The summed E-state index contributed by atoms with van der Waals surface area (Å²) in [6, 6.07) is 6.21. The third kappa shape index (κ3) is 3.32. The average Bonchev–Trinajstić information content (AvgIpc) is 2.59. The highest BCUT2D eigenvalue weighted by atomic mass is 16.5. The van der Waals surface area contributed by atoms with Crippen molar-refractivity contribution in [2.75, 3.05) is 32.5 Å². The number of rotatable bonds is 4. The van der Waals surface area contributed by atoms with Gasteiger partial charge < -0.3 is 24.8 Å². The number of hydrogen-bond acceptors (Lipinski definition) is 7. The van der Waals surface area contributed by atoms with E-state index in [-0.39, 0.29) is 24.6 Å². The lowest BCUT2D eigenvalue weighted by atomic mass is 10.1. The molecule has 2 N–H and O–H groups in total. The largest absolute Gasteiger partial charge is 0.466 e. The summed E-state index contributed by atoms with van der Waals surface area (Å²) in [5.74, 6) is -1.93. The molecule has 1 aromatic carbocycles. The van der Waals surface area contributed by atoms with Crippen LogP contribution in [0.5, 0.6) is 0 Å². The zero-order valence-electron chi connectivity index (χ0n) is 12.7. The lowest BCUT2D eigenvalue weighted by molar-refractivity contribution is -0.140. The number of carbonyl (C=O) groups excluding carboxylic acids is 3. The zero-order valence-corrected chi connectivity index (χ0v) is 12.7. The van der Waals surface area contributed by atoms with Gasteiger partial charge in [-0.3, -0.25) is 4.79 Å². The Bertz CT molecular complexity index is 665. The Balaban J connectivity index is 2.48.